The molecule has 0 bridgehead atoms. The van der Waals surface area contributed by atoms with E-state index in [1.165, 1.54) is 18.2 Å². The van der Waals surface area contributed by atoms with E-state index in [9.17, 15) is 9.18 Å². The van der Waals surface area contributed by atoms with E-state index >= 15 is 0 Å². The minimum absolute atomic E-state index is 0.0154. The standard InChI is InChI=1S/C25H31ClFN9O/c1-3-34-8-10-35(11-9-34)23-14-21(29-22-12-16(2)32-33-22)30-25(31-23)28-18-6-7-36(15-18)24(37)19-13-17(26)4-5-20(19)27/h4-5,12-14,18H,3,6-11,15H2,1-2H3,(H3,28,29,30,31,32,33). The lowest BCUT2D eigenvalue weighted by Gasteiger charge is -2.35. The summed E-state index contributed by atoms with van der Waals surface area (Å²) < 4.78 is 14.2. The molecule has 1 unspecified atom stereocenters. The third-order valence-electron chi connectivity index (χ3n) is 6.79. The summed E-state index contributed by atoms with van der Waals surface area (Å²) in [5.41, 5.74) is 0.927. The zero-order valence-corrected chi connectivity index (χ0v) is 21.7. The number of halogens is 2. The van der Waals surface area contributed by atoms with Crippen LogP contribution in [0.1, 0.15) is 29.4 Å². The summed E-state index contributed by atoms with van der Waals surface area (Å²) in [6.45, 7) is 9.76. The largest absolute Gasteiger partial charge is 0.354 e. The van der Waals surface area contributed by atoms with Crippen LogP contribution in [0.4, 0.5) is 27.8 Å². The molecule has 5 rings (SSSR count). The number of anilines is 4. The summed E-state index contributed by atoms with van der Waals surface area (Å²) >= 11 is 5.99. The van der Waals surface area contributed by atoms with Crippen molar-refractivity contribution in [2.45, 2.75) is 26.3 Å². The number of likely N-dealkylation sites (N-methyl/N-ethyl adjacent to an activating group) is 1. The molecule has 12 heteroatoms. The summed E-state index contributed by atoms with van der Waals surface area (Å²) in [6.07, 6.45) is 0.692. The maximum Gasteiger partial charge on any atom is 0.256 e. The van der Waals surface area contributed by atoms with Crippen LogP contribution in [0.25, 0.3) is 0 Å². The van der Waals surface area contributed by atoms with Crippen LogP contribution in [0.2, 0.25) is 5.02 Å². The summed E-state index contributed by atoms with van der Waals surface area (Å²) in [5.74, 6) is 1.65. The van der Waals surface area contributed by atoms with Gasteiger partial charge >= 0.3 is 0 Å². The highest BCUT2D eigenvalue weighted by Gasteiger charge is 2.29. The van der Waals surface area contributed by atoms with Gasteiger partial charge in [0.1, 0.15) is 17.5 Å². The van der Waals surface area contributed by atoms with E-state index in [4.69, 9.17) is 16.6 Å². The molecule has 2 fully saturated rings. The second kappa shape index (κ2) is 10.9. The fourth-order valence-corrected chi connectivity index (χ4v) is 4.88. The molecule has 1 aromatic carbocycles. The van der Waals surface area contributed by atoms with Crippen molar-refractivity contribution in [3.8, 4) is 0 Å². The number of hydrogen-bond acceptors (Lipinski definition) is 8. The predicted octanol–water partition coefficient (Wildman–Crippen LogP) is 3.51. The summed E-state index contributed by atoms with van der Waals surface area (Å²) in [5, 5.41) is 14.2. The fraction of sp³-hybridized carbons (Fsp3) is 0.440. The highest BCUT2D eigenvalue weighted by Crippen LogP contribution is 2.25. The van der Waals surface area contributed by atoms with E-state index in [1.807, 2.05) is 19.1 Å². The topological polar surface area (TPSA) is 105 Å². The van der Waals surface area contributed by atoms with Crippen molar-refractivity contribution in [2.24, 2.45) is 0 Å². The average Bonchev–Trinajstić information content (AvgIpc) is 3.53. The Balaban J connectivity index is 1.32. The second-order valence-corrected chi connectivity index (χ2v) is 9.86. The number of H-pyrrole nitrogens is 1. The van der Waals surface area contributed by atoms with Gasteiger partial charge in [-0.1, -0.05) is 18.5 Å². The van der Waals surface area contributed by atoms with Crippen LogP contribution in [0.3, 0.4) is 0 Å². The highest BCUT2D eigenvalue weighted by atomic mass is 35.5. The van der Waals surface area contributed by atoms with Crippen LogP contribution in [0, 0.1) is 12.7 Å². The van der Waals surface area contributed by atoms with Crippen LogP contribution >= 0.6 is 11.6 Å². The molecule has 0 aliphatic carbocycles. The molecule has 1 atom stereocenters. The molecule has 2 saturated heterocycles. The number of carbonyl (C=O) groups excluding carboxylic acids is 1. The second-order valence-electron chi connectivity index (χ2n) is 9.42. The molecule has 37 heavy (non-hydrogen) atoms. The van der Waals surface area contributed by atoms with Crippen molar-refractivity contribution in [2.75, 3.05) is 61.3 Å². The number of rotatable bonds is 7. The van der Waals surface area contributed by atoms with Crippen LogP contribution in [0.15, 0.2) is 30.3 Å². The fourth-order valence-electron chi connectivity index (χ4n) is 4.71. The Kier molecular flexibility index (Phi) is 7.43. The number of hydrogen-bond donors (Lipinski definition) is 3. The van der Waals surface area contributed by atoms with Crippen molar-refractivity contribution in [3.05, 3.63) is 52.4 Å². The van der Waals surface area contributed by atoms with Crippen molar-refractivity contribution >= 4 is 40.9 Å². The lowest BCUT2D eigenvalue weighted by molar-refractivity contribution is 0.0787. The quantitative estimate of drug-likeness (QED) is 0.429. The molecule has 10 nitrogen and oxygen atoms in total. The Labute approximate surface area is 220 Å². The molecule has 3 N–H and O–H groups in total. The maximum absolute atomic E-state index is 14.2. The van der Waals surface area contributed by atoms with Gasteiger partial charge in [-0.05, 0) is 38.1 Å². The molecule has 0 radical (unpaired) electrons. The molecular formula is C25H31ClFN9O. The van der Waals surface area contributed by atoms with Gasteiger partial charge in [0.15, 0.2) is 5.82 Å². The summed E-state index contributed by atoms with van der Waals surface area (Å²) in [4.78, 5) is 28.7. The van der Waals surface area contributed by atoms with E-state index < -0.39 is 5.82 Å². The van der Waals surface area contributed by atoms with Gasteiger partial charge in [0.25, 0.3) is 5.91 Å². The normalized spacial score (nSPS) is 18.3. The molecule has 2 aliphatic heterocycles. The minimum atomic E-state index is -0.575. The smallest absolute Gasteiger partial charge is 0.256 e. The van der Waals surface area contributed by atoms with Crippen LogP contribution < -0.4 is 15.5 Å². The Bertz CT molecular complexity index is 1260. The van der Waals surface area contributed by atoms with Gasteiger partial charge in [0.05, 0.1) is 5.56 Å². The molecule has 4 heterocycles. The molecule has 2 aliphatic rings. The zero-order chi connectivity index (χ0) is 25.9. The maximum atomic E-state index is 14.2. The monoisotopic (exact) mass is 527 g/mol. The van der Waals surface area contributed by atoms with Gasteiger partial charge in [-0.3, -0.25) is 9.89 Å². The number of nitrogens with one attached hydrogen (secondary N) is 3. The van der Waals surface area contributed by atoms with Gasteiger partial charge in [-0.15, -0.1) is 0 Å². The summed E-state index contributed by atoms with van der Waals surface area (Å²) in [7, 11) is 0. The third kappa shape index (κ3) is 5.94. The Morgan fingerprint density at radius 1 is 1.14 bits per heavy atom. The van der Waals surface area contributed by atoms with Gasteiger partial charge in [0.2, 0.25) is 5.95 Å². The first-order valence-corrected chi connectivity index (χ1v) is 12.9. The van der Waals surface area contributed by atoms with Crippen LogP contribution in [0.5, 0.6) is 0 Å². The molecule has 2 aromatic heterocycles. The first-order valence-electron chi connectivity index (χ1n) is 12.5. The van der Waals surface area contributed by atoms with Crippen LogP contribution in [-0.4, -0.2) is 87.7 Å². The first kappa shape index (κ1) is 25.2. The number of aromatic nitrogens is 4. The zero-order valence-electron chi connectivity index (χ0n) is 21.0. The number of aryl methyl sites for hydroxylation is 1. The van der Waals surface area contributed by atoms with E-state index in [1.54, 1.807) is 4.90 Å². The van der Waals surface area contributed by atoms with Gasteiger partial charge in [-0.25, -0.2) is 4.39 Å². The van der Waals surface area contributed by atoms with E-state index in [2.05, 4.69) is 42.5 Å². The van der Waals surface area contributed by atoms with Crippen molar-refractivity contribution < 1.29 is 9.18 Å². The molecule has 1 amide bonds. The molecule has 3 aromatic rings. The highest BCUT2D eigenvalue weighted by molar-refractivity contribution is 6.31. The SMILES string of the molecule is CCN1CCN(c2cc(Nc3cc(C)[nH]n3)nc(NC3CCN(C(=O)c4cc(Cl)ccc4F)C3)n2)CC1. The Morgan fingerprint density at radius 3 is 2.68 bits per heavy atom. The lowest BCUT2D eigenvalue weighted by atomic mass is 10.2. The first-order chi connectivity index (χ1) is 17.9. The molecule has 196 valence electrons. The van der Waals surface area contributed by atoms with Crippen molar-refractivity contribution in [1.82, 2.24) is 30.0 Å². The van der Waals surface area contributed by atoms with Crippen molar-refractivity contribution in [3.63, 3.8) is 0 Å². The van der Waals surface area contributed by atoms with E-state index in [0.29, 0.717) is 42.1 Å². The molecular weight excluding hydrogens is 497 g/mol. The molecule has 0 saturated carbocycles. The van der Waals surface area contributed by atoms with Gasteiger partial charge in [0, 0.05) is 68.2 Å². The predicted molar refractivity (Wildman–Crippen MR) is 142 cm³/mol. The number of benzene rings is 1. The van der Waals surface area contributed by atoms with E-state index in [-0.39, 0.29) is 17.5 Å². The average molecular weight is 528 g/mol. The molecule has 0 spiro atoms. The van der Waals surface area contributed by atoms with Crippen LogP contribution in [-0.2, 0) is 0 Å². The number of carbonyl (C=O) groups is 1. The number of aromatic amines is 1. The Hall–Kier alpha value is -3.44. The summed E-state index contributed by atoms with van der Waals surface area (Å²) in [6, 6.07) is 7.80. The lowest BCUT2D eigenvalue weighted by Crippen LogP contribution is -2.46. The Morgan fingerprint density at radius 2 is 1.95 bits per heavy atom. The van der Waals surface area contributed by atoms with Gasteiger partial charge < -0.3 is 25.3 Å². The minimum Gasteiger partial charge on any atom is -0.354 e. The third-order valence-corrected chi connectivity index (χ3v) is 7.02. The number of likely N-dealkylation sites (tertiary alicyclic amines) is 1. The number of amides is 1. The van der Waals surface area contributed by atoms with E-state index in [0.717, 1.165) is 44.2 Å². The van der Waals surface area contributed by atoms with Crippen molar-refractivity contribution in [1.29, 1.82) is 0 Å². The number of piperazine rings is 1. The number of nitrogens with zero attached hydrogens (tertiary/aromatic N) is 6. The van der Waals surface area contributed by atoms with Gasteiger partial charge in [-0.2, -0.15) is 15.1 Å².